The number of pyridine rings is 1. The first-order valence-electron chi connectivity index (χ1n) is 12.1. The van der Waals surface area contributed by atoms with Gasteiger partial charge in [-0.05, 0) is 53.1 Å². The van der Waals surface area contributed by atoms with Gasteiger partial charge in [0.25, 0.3) is 0 Å². The van der Waals surface area contributed by atoms with Gasteiger partial charge >= 0.3 is 12.4 Å². The van der Waals surface area contributed by atoms with Crippen molar-refractivity contribution in [3.8, 4) is 5.75 Å². The monoisotopic (exact) mass is 574 g/mol. The molecule has 0 aliphatic carbocycles. The Morgan fingerprint density at radius 2 is 1.92 bits per heavy atom. The first kappa shape index (κ1) is 27.1. The molecule has 0 atom stereocenters. The van der Waals surface area contributed by atoms with E-state index in [2.05, 4.69) is 19.9 Å². The molecule has 0 saturated carbocycles. The third kappa shape index (κ3) is 6.38. The normalized spacial score (nSPS) is 14.1. The maximum absolute atomic E-state index is 13.3. The van der Waals surface area contributed by atoms with Crippen molar-refractivity contribution in [2.75, 3.05) is 13.1 Å². The molecule has 0 unspecified atom stereocenters. The van der Waals surface area contributed by atoms with Crippen LogP contribution in [0.4, 0.5) is 18.0 Å². The maximum Gasteiger partial charge on any atom is 0.573 e. The minimum absolute atomic E-state index is 0.247. The molecule has 3 heterocycles. The second-order valence-electron chi connectivity index (χ2n) is 9.04. The summed E-state index contributed by atoms with van der Waals surface area (Å²) in [5.41, 5.74) is 4.27. The van der Waals surface area contributed by atoms with Crippen molar-refractivity contribution in [3.63, 3.8) is 0 Å². The molecule has 0 radical (unpaired) electrons. The van der Waals surface area contributed by atoms with Gasteiger partial charge in [-0.3, -0.25) is 9.47 Å². The lowest BCUT2D eigenvalue weighted by molar-refractivity contribution is -0.274. The highest BCUT2D eigenvalue weighted by Gasteiger charge is 2.31. The molecule has 2 aromatic heterocycles. The van der Waals surface area contributed by atoms with Gasteiger partial charge in [0.1, 0.15) is 10.9 Å². The van der Waals surface area contributed by atoms with Crippen LogP contribution < -0.4 is 10.1 Å². The van der Waals surface area contributed by atoms with E-state index < -0.39 is 6.36 Å². The predicted molar refractivity (Wildman–Crippen MR) is 145 cm³/mol. The zero-order chi connectivity index (χ0) is 27.6. The highest BCUT2D eigenvalue weighted by atomic mass is 35.5. The number of aromatic nitrogens is 2. The number of hydrogen-bond acceptors (Lipinski definition) is 4. The number of rotatable bonds is 6. The SMILES string of the molecule is O=C(NCc1ccnc(Cl)c1)n1c2c(c3c(Cl)cccc31)CN(C/C=C/c1ccc(OC(F)(F)F)cc1)CC2. The molecule has 39 heavy (non-hydrogen) atoms. The van der Waals surface area contributed by atoms with Crippen molar-refractivity contribution in [2.45, 2.75) is 25.9 Å². The number of ether oxygens (including phenoxy) is 1. The van der Waals surface area contributed by atoms with Crippen molar-refractivity contribution in [3.05, 3.63) is 99.4 Å². The molecule has 202 valence electrons. The summed E-state index contributed by atoms with van der Waals surface area (Å²) in [5.74, 6) is -0.259. The molecule has 1 amide bonds. The number of carbonyl (C=O) groups excluding carboxylic acids is 1. The quantitative estimate of drug-likeness (QED) is 0.250. The van der Waals surface area contributed by atoms with E-state index in [1.165, 1.54) is 12.1 Å². The molecule has 2 aromatic carbocycles. The Labute approximate surface area is 232 Å². The highest BCUT2D eigenvalue weighted by Crippen LogP contribution is 2.35. The number of benzene rings is 2. The number of hydrogen-bond donors (Lipinski definition) is 1. The summed E-state index contributed by atoms with van der Waals surface area (Å²) in [6, 6.07) is 14.5. The lowest BCUT2D eigenvalue weighted by Gasteiger charge is -2.27. The Bertz CT molecular complexity index is 1530. The lowest BCUT2D eigenvalue weighted by atomic mass is 10.0. The Morgan fingerprint density at radius 1 is 1.13 bits per heavy atom. The fourth-order valence-electron chi connectivity index (χ4n) is 4.74. The zero-order valence-electron chi connectivity index (χ0n) is 20.5. The third-order valence-electron chi connectivity index (χ3n) is 6.42. The Kier molecular flexibility index (Phi) is 7.83. The van der Waals surface area contributed by atoms with Crippen LogP contribution in [0, 0.1) is 0 Å². The lowest BCUT2D eigenvalue weighted by Crippen LogP contribution is -2.34. The van der Waals surface area contributed by atoms with Crippen molar-refractivity contribution in [2.24, 2.45) is 0 Å². The molecule has 0 bridgehead atoms. The average Bonchev–Trinajstić information content (AvgIpc) is 3.22. The van der Waals surface area contributed by atoms with Gasteiger partial charge in [0.2, 0.25) is 0 Å². The minimum Gasteiger partial charge on any atom is -0.406 e. The predicted octanol–water partition coefficient (Wildman–Crippen LogP) is 7.07. The standard InChI is InChI=1S/C28H23Cl2F3N4O2/c29-22-4-1-5-24-26(22)21-17-36(13-2-3-18-6-8-20(9-7-18)39-28(31,32)33)14-11-23(21)37(24)27(38)35-16-19-10-12-34-25(30)15-19/h1-10,12,15H,11,13-14,16-17H2,(H,35,38)/b3-2+. The van der Waals surface area contributed by atoms with E-state index in [1.54, 1.807) is 35.0 Å². The molecule has 11 heteroatoms. The molecule has 0 saturated heterocycles. The van der Waals surface area contributed by atoms with Crippen molar-refractivity contribution in [1.29, 1.82) is 0 Å². The molecule has 4 aromatic rings. The number of nitrogens with one attached hydrogen (secondary N) is 1. The van der Waals surface area contributed by atoms with Gasteiger partial charge in [0, 0.05) is 49.9 Å². The van der Waals surface area contributed by atoms with Crippen LogP contribution in [0.2, 0.25) is 10.2 Å². The average molecular weight is 575 g/mol. The zero-order valence-corrected chi connectivity index (χ0v) is 22.0. The second-order valence-corrected chi connectivity index (χ2v) is 9.84. The van der Waals surface area contributed by atoms with Crippen LogP contribution in [0.5, 0.6) is 5.75 Å². The van der Waals surface area contributed by atoms with Crippen molar-refractivity contribution < 1.29 is 22.7 Å². The fourth-order valence-corrected chi connectivity index (χ4v) is 5.22. The summed E-state index contributed by atoms with van der Waals surface area (Å²) in [5, 5.41) is 4.76. The topological polar surface area (TPSA) is 59.4 Å². The van der Waals surface area contributed by atoms with Crippen LogP contribution in [-0.4, -0.2) is 39.9 Å². The maximum atomic E-state index is 13.3. The first-order chi connectivity index (χ1) is 18.7. The largest absolute Gasteiger partial charge is 0.573 e. The van der Waals surface area contributed by atoms with Gasteiger partial charge in [-0.1, -0.05) is 53.6 Å². The number of halogens is 5. The molecule has 0 fully saturated rings. The molecule has 6 nitrogen and oxygen atoms in total. The number of carbonyl (C=O) groups is 1. The van der Waals surface area contributed by atoms with Gasteiger partial charge in [0.15, 0.2) is 0 Å². The van der Waals surface area contributed by atoms with Crippen LogP contribution in [0.3, 0.4) is 0 Å². The van der Waals surface area contributed by atoms with Crippen LogP contribution in [-0.2, 0) is 19.5 Å². The van der Waals surface area contributed by atoms with Crippen LogP contribution in [0.15, 0.2) is 66.9 Å². The van der Waals surface area contributed by atoms with Crippen LogP contribution >= 0.6 is 23.2 Å². The van der Waals surface area contributed by atoms with Gasteiger partial charge in [-0.15, -0.1) is 13.2 Å². The molecule has 1 aliphatic heterocycles. The van der Waals surface area contributed by atoms with E-state index in [4.69, 9.17) is 23.2 Å². The summed E-state index contributed by atoms with van der Waals surface area (Å²) < 4.78 is 42.7. The summed E-state index contributed by atoms with van der Waals surface area (Å²) in [4.78, 5) is 19.5. The number of nitrogens with zero attached hydrogens (tertiary/aromatic N) is 3. The molecule has 5 rings (SSSR count). The first-order valence-corrected chi connectivity index (χ1v) is 12.9. The van der Waals surface area contributed by atoms with Gasteiger partial charge < -0.3 is 10.1 Å². The van der Waals surface area contributed by atoms with Crippen molar-refractivity contribution in [1.82, 2.24) is 19.8 Å². The van der Waals surface area contributed by atoms with E-state index in [-0.39, 0.29) is 11.8 Å². The molecule has 0 spiro atoms. The summed E-state index contributed by atoms with van der Waals surface area (Å²) in [6.45, 7) is 2.23. The van der Waals surface area contributed by atoms with E-state index in [9.17, 15) is 18.0 Å². The van der Waals surface area contributed by atoms with Gasteiger partial charge in [-0.25, -0.2) is 9.78 Å². The van der Waals surface area contributed by atoms with Crippen molar-refractivity contribution >= 4 is 46.2 Å². The molecule has 1 aliphatic rings. The number of fused-ring (bicyclic) bond motifs is 3. The summed E-state index contributed by atoms with van der Waals surface area (Å²) in [7, 11) is 0. The molecular weight excluding hydrogens is 552 g/mol. The molecular formula is C28H23Cl2F3N4O2. The molecule has 1 N–H and O–H groups in total. The van der Waals surface area contributed by atoms with E-state index >= 15 is 0 Å². The van der Waals surface area contributed by atoms with E-state index in [0.717, 1.165) is 39.8 Å². The Morgan fingerprint density at radius 3 is 2.67 bits per heavy atom. The summed E-state index contributed by atoms with van der Waals surface area (Å²) >= 11 is 12.6. The Balaban J connectivity index is 1.31. The number of amides is 1. The van der Waals surface area contributed by atoms with Gasteiger partial charge in [-0.2, -0.15) is 0 Å². The number of alkyl halides is 3. The minimum atomic E-state index is -4.72. The smallest absolute Gasteiger partial charge is 0.406 e. The van der Waals surface area contributed by atoms with E-state index in [1.807, 2.05) is 30.4 Å². The van der Waals surface area contributed by atoms with E-state index in [0.29, 0.717) is 36.2 Å². The third-order valence-corrected chi connectivity index (χ3v) is 6.95. The second kappa shape index (κ2) is 11.3. The van der Waals surface area contributed by atoms with Crippen LogP contribution in [0.1, 0.15) is 22.4 Å². The van der Waals surface area contributed by atoms with Gasteiger partial charge in [0.05, 0.1) is 10.5 Å². The van der Waals surface area contributed by atoms with Crippen LogP contribution in [0.25, 0.3) is 17.0 Å². The Hall–Kier alpha value is -3.53. The highest BCUT2D eigenvalue weighted by molar-refractivity contribution is 6.36. The summed E-state index contributed by atoms with van der Waals surface area (Å²) in [6.07, 6.45) is 1.33. The fraction of sp³-hybridized carbons (Fsp3) is 0.214.